The predicted octanol–water partition coefficient (Wildman–Crippen LogP) is 0.117. The molecule has 2 aromatic heterocycles. The lowest BCUT2D eigenvalue weighted by Crippen LogP contribution is -2.49. The molecule has 4 N–H and O–H groups in total. The van der Waals surface area contributed by atoms with Gasteiger partial charge in [-0.15, -0.1) is 5.10 Å². The number of tetrazole rings is 1. The Bertz CT molecular complexity index is 985. The molecule has 2 heterocycles. The van der Waals surface area contributed by atoms with Crippen LogP contribution in [0.4, 0.5) is 0 Å². The maximum atomic E-state index is 12.6. The highest BCUT2D eigenvalue weighted by Crippen LogP contribution is 2.25. The first-order valence-electron chi connectivity index (χ1n) is 9.61. The highest BCUT2D eigenvalue weighted by Gasteiger charge is 2.33. The van der Waals surface area contributed by atoms with E-state index in [0.29, 0.717) is 25.8 Å². The van der Waals surface area contributed by atoms with Crippen LogP contribution in [0.5, 0.6) is 0 Å². The fraction of sp³-hybridized carbons (Fsp3) is 0.421. The van der Waals surface area contributed by atoms with Crippen LogP contribution in [0.3, 0.4) is 0 Å². The van der Waals surface area contributed by atoms with Crippen LogP contribution in [-0.2, 0) is 22.7 Å². The molecule has 4 rings (SSSR count). The average molecular weight is 397 g/mol. The van der Waals surface area contributed by atoms with Gasteiger partial charge in [-0.2, -0.15) is 0 Å². The van der Waals surface area contributed by atoms with Crippen molar-refractivity contribution in [1.82, 2.24) is 35.8 Å². The molecule has 0 radical (unpaired) electrons. The number of aliphatic hydroxyl groups is 1. The minimum atomic E-state index is -0.773. The van der Waals surface area contributed by atoms with E-state index in [4.69, 9.17) is 0 Å². The molecule has 1 fully saturated rings. The van der Waals surface area contributed by atoms with Gasteiger partial charge in [0.05, 0.1) is 12.1 Å². The maximum Gasteiger partial charge on any atom is 0.242 e. The summed E-state index contributed by atoms with van der Waals surface area (Å²) in [6.07, 6.45) is 3.91. The van der Waals surface area contributed by atoms with Gasteiger partial charge >= 0.3 is 0 Å². The first kappa shape index (κ1) is 19.1. The molecule has 1 aliphatic rings. The van der Waals surface area contributed by atoms with E-state index in [1.54, 1.807) is 0 Å². The number of aliphatic hydroxyl groups excluding tert-OH is 1. The quantitative estimate of drug-likeness (QED) is 0.466. The zero-order valence-electron chi connectivity index (χ0n) is 15.8. The topological polar surface area (TPSA) is 138 Å². The number of benzene rings is 1. The highest BCUT2D eigenvalue weighted by molar-refractivity contribution is 5.84. The molecule has 0 bridgehead atoms. The normalized spacial score (nSPS) is 21.8. The van der Waals surface area contributed by atoms with Gasteiger partial charge < -0.3 is 20.7 Å². The Morgan fingerprint density at radius 2 is 2.17 bits per heavy atom. The molecular formula is C19H23N7O3. The van der Waals surface area contributed by atoms with Crippen molar-refractivity contribution in [2.75, 3.05) is 0 Å². The smallest absolute Gasteiger partial charge is 0.242 e. The van der Waals surface area contributed by atoms with Crippen LogP contribution in [-0.4, -0.2) is 54.3 Å². The molecule has 29 heavy (non-hydrogen) atoms. The van der Waals surface area contributed by atoms with E-state index in [9.17, 15) is 14.7 Å². The van der Waals surface area contributed by atoms with E-state index in [0.717, 1.165) is 16.5 Å². The number of rotatable bonds is 6. The van der Waals surface area contributed by atoms with Crippen molar-refractivity contribution < 1.29 is 14.7 Å². The van der Waals surface area contributed by atoms with Gasteiger partial charge in [-0.05, 0) is 47.4 Å². The third-order valence-electron chi connectivity index (χ3n) is 5.37. The Hall–Kier alpha value is -3.27. The van der Waals surface area contributed by atoms with E-state index < -0.39 is 6.10 Å². The molecule has 152 valence electrons. The number of hydrogen-bond donors (Lipinski definition) is 4. The van der Waals surface area contributed by atoms with Crippen LogP contribution in [0, 0.1) is 5.92 Å². The highest BCUT2D eigenvalue weighted by atomic mass is 16.3. The summed E-state index contributed by atoms with van der Waals surface area (Å²) in [6, 6.07) is 7.54. The van der Waals surface area contributed by atoms with Crippen LogP contribution in [0.15, 0.2) is 36.8 Å². The van der Waals surface area contributed by atoms with Crippen LogP contribution in [0.2, 0.25) is 0 Å². The molecule has 0 aliphatic heterocycles. The van der Waals surface area contributed by atoms with Crippen LogP contribution >= 0.6 is 0 Å². The summed E-state index contributed by atoms with van der Waals surface area (Å²) in [7, 11) is 0. The number of amides is 2. The summed E-state index contributed by atoms with van der Waals surface area (Å²) in [5.74, 6) is -0.623. The monoisotopic (exact) mass is 397 g/mol. The molecule has 10 heteroatoms. The zero-order valence-corrected chi connectivity index (χ0v) is 15.8. The maximum absolute atomic E-state index is 12.6. The number of H-pyrrole nitrogens is 1. The summed E-state index contributed by atoms with van der Waals surface area (Å²) in [5.41, 5.74) is 2.08. The third kappa shape index (κ3) is 4.43. The standard InChI is InChI=1S/C19H23N7O3/c27-17-8-12(4-5-16(17)23-18(28)10-26-11-22-24-25-26)19(29)21-9-13-2-1-3-15-14(13)6-7-20-15/h1-3,6-7,11-12,16-17,20,27H,4-5,8-10H2,(H,21,29)(H,23,28)/t12-,16-,17-/m0/s1. The first-order valence-corrected chi connectivity index (χ1v) is 9.61. The van der Waals surface area contributed by atoms with Gasteiger partial charge in [0.15, 0.2) is 0 Å². The number of hydrogen-bond acceptors (Lipinski definition) is 6. The van der Waals surface area contributed by atoms with Gasteiger partial charge in [-0.3, -0.25) is 9.59 Å². The van der Waals surface area contributed by atoms with Crippen molar-refractivity contribution in [3.05, 3.63) is 42.4 Å². The van der Waals surface area contributed by atoms with E-state index in [2.05, 4.69) is 31.1 Å². The van der Waals surface area contributed by atoms with Crippen molar-refractivity contribution in [2.24, 2.45) is 5.92 Å². The minimum absolute atomic E-state index is 0.00909. The van der Waals surface area contributed by atoms with Crippen molar-refractivity contribution in [1.29, 1.82) is 0 Å². The second-order valence-electron chi connectivity index (χ2n) is 7.33. The number of carbonyl (C=O) groups is 2. The molecule has 0 saturated heterocycles. The van der Waals surface area contributed by atoms with Crippen LogP contribution in [0.1, 0.15) is 24.8 Å². The molecule has 3 aromatic rings. The third-order valence-corrected chi connectivity index (χ3v) is 5.37. The lowest BCUT2D eigenvalue weighted by Gasteiger charge is -2.33. The van der Waals surface area contributed by atoms with E-state index >= 15 is 0 Å². The van der Waals surface area contributed by atoms with E-state index in [1.807, 2.05) is 30.5 Å². The molecular weight excluding hydrogens is 374 g/mol. The van der Waals surface area contributed by atoms with Crippen LogP contribution < -0.4 is 10.6 Å². The Kier molecular flexibility index (Phi) is 5.52. The largest absolute Gasteiger partial charge is 0.391 e. The second-order valence-corrected chi connectivity index (χ2v) is 7.33. The van der Waals surface area contributed by atoms with Crippen molar-refractivity contribution >= 4 is 22.7 Å². The average Bonchev–Trinajstić information content (AvgIpc) is 3.39. The summed E-state index contributed by atoms with van der Waals surface area (Å²) in [6.45, 7) is 0.428. The SMILES string of the molecule is O=C(Cn1cnnn1)N[C@H]1CC[C@H](C(=O)NCc2cccc3[nH]ccc23)C[C@@H]1O. The minimum Gasteiger partial charge on any atom is -0.391 e. The van der Waals surface area contributed by atoms with E-state index in [1.165, 1.54) is 11.0 Å². The Balaban J connectivity index is 1.27. The van der Waals surface area contributed by atoms with Crippen LogP contribution in [0.25, 0.3) is 10.9 Å². The Morgan fingerprint density at radius 1 is 1.28 bits per heavy atom. The summed E-state index contributed by atoms with van der Waals surface area (Å²) in [5, 5.41) is 27.9. The number of fused-ring (bicyclic) bond motifs is 1. The predicted molar refractivity (Wildman–Crippen MR) is 103 cm³/mol. The molecule has 0 spiro atoms. The molecule has 0 unspecified atom stereocenters. The number of carbonyl (C=O) groups excluding carboxylic acids is 2. The Labute approximate surface area is 166 Å². The molecule has 2 amide bonds. The number of aromatic amines is 1. The van der Waals surface area contributed by atoms with Crippen molar-refractivity contribution in [3.8, 4) is 0 Å². The second kappa shape index (κ2) is 8.39. The molecule has 10 nitrogen and oxygen atoms in total. The molecule has 1 saturated carbocycles. The number of aromatic nitrogens is 5. The number of nitrogens with zero attached hydrogens (tertiary/aromatic N) is 4. The van der Waals surface area contributed by atoms with Gasteiger partial charge in [-0.25, -0.2) is 4.68 Å². The number of nitrogens with one attached hydrogen (secondary N) is 3. The fourth-order valence-electron chi connectivity index (χ4n) is 3.84. The van der Waals surface area contributed by atoms with Gasteiger partial charge in [0.1, 0.15) is 12.9 Å². The first-order chi connectivity index (χ1) is 14.1. The summed E-state index contributed by atoms with van der Waals surface area (Å²) >= 11 is 0. The molecule has 3 atom stereocenters. The Morgan fingerprint density at radius 3 is 2.97 bits per heavy atom. The van der Waals surface area contributed by atoms with Gasteiger partial charge in [0, 0.05) is 29.6 Å². The summed E-state index contributed by atoms with van der Waals surface area (Å²) < 4.78 is 1.31. The van der Waals surface area contributed by atoms with Gasteiger partial charge in [0.2, 0.25) is 11.8 Å². The molecule has 1 aliphatic carbocycles. The van der Waals surface area contributed by atoms with Crippen molar-refractivity contribution in [3.63, 3.8) is 0 Å². The van der Waals surface area contributed by atoms with Crippen molar-refractivity contribution in [2.45, 2.75) is 44.5 Å². The van der Waals surface area contributed by atoms with E-state index in [-0.39, 0.29) is 30.3 Å². The lowest BCUT2D eigenvalue weighted by atomic mass is 9.83. The van der Waals surface area contributed by atoms with Gasteiger partial charge in [0.25, 0.3) is 0 Å². The molecule has 1 aromatic carbocycles. The fourth-order valence-corrected chi connectivity index (χ4v) is 3.84. The zero-order chi connectivity index (χ0) is 20.2. The lowest BCUT2D eigenvalue weighted by molar-refractivity contribution is -0.128. The summed E-state index contributed by atoms with van der Waals surface area (Å²) in [4.78, 5) is 27.8. The van der Waals surface area contributed by atoms with Gasteiger partial charge in [-0.1, -0.05) is 12.1 Å².